The zero-order valence-corrected chi connectivity index (χ0v) is 9.98. The summed E-state index contributed by atoms with van der Waals surface area (Å²) in [5.41, 5.74) is 0.783. The third-order valence-corrected chi connectivity index (χ3v) is 4.40. The summed E-state index contributed by atoms with van der Waals surface area (Å²) in [5, 5.41) is -1.20. The van der Waals surface area contributed by atoms with E-state index in [1.54, 1.807) is 11.9 Å². The monoisotopic (exact) mass is 229 g/mol. The molecule has 0 aliphatic rings. The molecular formula is C10H16NO3P. The molecule has 15 heavy (non-hydrogen) atoms. The Morgan fingerprint density at radius 2 is 1.67 bits per heavy atom. The smallest absolute Gasteiger partial charge is 0.350 e. The van der Waals surface area contributed by atoms with E-state index in [1.807, 2.05) is 30.3 Å². The van der Waals surface area contributed by atoms with Crippen LogP contribution in [-0.4, -0.2) is 22.1 Å². The molecule has 0 amide bonds. The molecule has 0 spiro atoms. The molecule has 0 saturated heterocycles. The average Bonchev–Trinajstić information content (AvgIpc) is 2.16. The number of hydrogen-bond acceptors (Lipinski definition) is 2. The lowest BCUT2D eigenvalue weighted by Crippen LogP contribution is -2.40. The Kier molecular flexibility index (Phi) is 3.24. The maximum absolute atomic E-state index is 11.3. The van der Waals surface area contributed by atoms with Gasteiger partial charge in [0.25, 0.3) is 0 Å². The van der Waals surface area contributed by atoms with Crippen molar-refractivity contribution in [3.8, 4) is 0 Å². The molecule has 2 N–H and O–H groups in total. The Morgan fingerprint density at radius 1 is 1.20 bits per heavy atom. The summed E-state index contributed by atoms with van der Waals surface area (Å²) < 4.78 is 11.3. The molecule has 0 saturated carbocycles. The van der Waals surface area contributed by atoms with E-state index in [9.17, 15) is 14.4 Å². The lowest BCUT2D eigenvalue weighted by molar-refractivity contribution is 0.335. The van der Waals surface area contributed by atoms with Crippen molar-refractivity contribution in [1.82, 2.24) is 0 Å². The van der Waals surface area contributed by atoms with Gasteiger partial charge in [-0.15, -0.1) is 0 Å². The highest BCUT2D eigenvalue weighted by molar-refractivity contribution is 7.53. The molecule has 0 aromatic heterocycles. The Bertz CT molecular complexity index is 372. The average molecular weight is 229 g/mol. The lowest BCUT2D eigenvalue weighted by Gasteiger charge is -2.37. The van der Waals surface area contributed by atoms with Gasteiger partial charge >= 0.3 is 7.60 Å². The summed E-state index contributed by atoms with van der Waals surface area (Å²) in [6.07, 6.45) is 0. The maximum Gasteiger partial charge on any atom is 0.350 e. The molecule has 0 unspecified atom stereocenters. The Morgan fingerprint density at radius 3 is 2.07 bits per heavy atom. The van der Waals surface area contributed by atoms with Gasteiger partial charge in [-0.1, -0.05) is 18.2 Å². The third-order valence-electron chi connectivity index (χ3n) is 2.68. The van der Waals surface area contributed by atoms with Crippen LogP contribution in [0.2, 0.25) is 0 Å². The van der Waals surface area contributed by atoms with Gasteiger partial charge in [0.1, 0.15) is 5.28 Å². The van der Waals surface area contributed by atoms with Crippen LogP contribution in [0.4, 0.5) is 5.69 Å². The second kappa shape index (κ2) is 3.97. The van der Waals surface area contributed by atoms with Crippen molar-refractivity contribution >= 4 is 13.3 Å². The van der Waals surface area contributed by atoms with Crippen molar-refractivity contribution in [1.29, 1.82) is 0 Å². The zero-order valence-electron chi connectivity index (χ0n) is 9.08. The number of benzene rings is 1. The first-order valence-electron chi connectivity index (χ1n) is 4.61. The zero-order chi connectivity index (χ0) is 11.7. The fourth-order valence-corrected chi connectivity index (χ4v) is 1.67. The Hall–Kier alpha value is -0.830. The molecule has 0 heterocycles. The number of hydrogen-bond donors (Lipinski definition) is 2. The highest BCUT2D eigenvalue weighted by Crippen LogP contribution is 2.52. The van der Waals surface area contributed by atoms with Gasteiger partial charge in [-0.3, -0.25) is 4.57 Å². The quantitative estimate of drug-likeness (QED) is 0.778. The van der Waals surface area contributed by atoms with E-state index in [-0.39, 0.29) is 0 Å². The minimum atomic E-state index is -4.16. The number of nitrogens with zero attached hydrogens (tertiary/aromatic N) is 1. The highest BCUT2D eigenvalue weighted by atomic mass is 31.2. The van der Waals surface area contributed by atoms with E-state index < -0.39 is 12.9 Å². The first-order chi connectivity index (χ1) is 6.77. The SMILES string of the molecule is CN(c1ccccc1)C(C)(C)P(=O)(O)O. The van der Waals surface area contributed by atoms with Gasteiger partial charge in [0.2, 0.25) is 0 Å². The molecule has 0 atom stereocenters. The van der Waals surface area contributed by atoms with E-state index in [0.29, 0.717) is 0 Å². The van der Waals surface area contributed by atoms with Gasteiger partial charge in [-0.05, 0) is 26.0 Å². The summed E-state index contributed by atoms with van der Waals surface area (Å²) in [6, 6.07) is 9.17. The molecule has 0 aliphatic carbocycles. The van der Waals surface area contributed by atoms with Crippen LogP contribution in [0, 0.1) is 0 Å². The van der Waals surface area contributed by atoms with Crippen LogP contribution in [0.5, 0.6) is 0 Å². The van der Waals surface area contributed by atoms with Crippen molar-refractivity contribution < 1.29 is 14.4 Å². The van der Waals surface area contributed by atoms with Gasteiger partial charge in [0.05, 0.1) is 0 Å². The standard InChI is InChI=1S/C10H16NO3P/c1-10(2,15(12,13)14)11(3)9-7-5-4-6-8-9/h4-8H,1-3H3,(H2,12,13,14). The lowest BCUT2D eigenvalue weighted by atomic mass is 10.2. The number of para-hydroxylation sites is 1. The normalized spacial score (nSPS) is 12.6. The van der Waals surface area contributed by atoms with Gasteiger partial charge < -0.3 is 14.7 Å². The van der Waals surface area contributed by atoms with Crippen molar-refractivity contribution in [2.45, 2.75) is 19.1 Å². The molecule has 1 rings (SSSR count). The van der Waals surface area contributed by atoms with Crippen LogP contribution in [0.25, 0.3) is 0 Å². The van der Waals surface area contributed by atoms with Crippen molar-refractivity contribution in [2.75, 3.05) is 11.9 Å². The second-order valence-electron chi connectivity index (χ2n) is 3.93. The molecule has 0 bridgehead atoms. The topological polar surface area (TPSA) is 60.8 Å². The predicted octanol–water partition coefficient (Wildman–Crippen LogP) is 2.04. The first kappa shape index (κ1) is 12.2. The summed E-state index contributed by atoms with van der Waals surface area (Å²) in [7, 11) is -2.49. The van der Waals surface area contributed by atoms with E-state index in [1.165, 1.54) is 13.8 Å². The van der Waals surface area contributed by atoms with Crippen molar-refractivity contribution in [3.63, 3.8) is 0 Å². The molecule has 5 heteroatoms. The molecule has 0 fully saturated rings. The number of anilines is 1. The molecule has 4 nitrogen and oxygen atoms in total. The van der Waals surface area contributed by atoms with Gasteiger partial charge in [0, 0.05) is 12.7 Å². The van der Waals surface area contributed by atoms with Crippen LogP contribution < -0.4 is 4.90 Å². The van der Waals surface area contributed by atoms with Gasteiger partial charge in [-0.2, -0.15) is 0 Å². The minimum absolute atomic E-state index is 0.783. The molecule has 1 aromatic rings. The molecule has 0 aliphatic heterocycles. The fourth-order valence-electron chi connectivity index (χ4n) is 1.16. The van der Waals surface area contributed by atoms with Crippen LogP contribution in [-0.2, 0) is 4.57 Å². The maximum atomic E-state index is 11.3. The largest absolute Gasteiger partial charge is 0.359 e. The second-order valence-corrected chi connectivity index (χ2v) is 6.12. The van der Waals surface area contributed by atoms with Crippen LogP contribution in [0.15, 0.2) is 30.3 Å². The molecule has 84 valence electrons. The molecule has 1 aromatic carbocycles. The van der Waals surface area contributed by atoms with Gasteiger partial charge in [0.15, 0.2) is 0 Å². The van der Waals surface area contributed by atoms with E-state index in [4.69, 9.17) is 0 Å². The van der Waals surface area contributed by atoms with E-state index in [2.05, 4.69) is 0 Å². The summed E-state index contributed by atoms with van der Waals surface area (Å²) in [6.45, 7) is 3.06. The Labute approximate surface area is 89.7 Å². The van der Waals surface area contributed by atoms with E-state index in [0.717, 1.165) is 5.69 Å². The minimum Gasteiger partial charge on any atom is -0.359 e. The first-order valence-corrected chi connectivity index (χ1v) is 6.22. The molecule has 0 radical (unpaired) electrons. The van der Waals surface area contributed by atoms with Crippen LogP contribution in [0.3, 0.4) is 0 Å². The number of rotatable bonds is 3. The predicted molar refractivity (Wildman–Crippen MR) is 61.0 cm³/mol. The highest BCUT2D eigenvalue weighted by Gasteiger charge is 2.41. The van der Waals surface area contributed by atoms with Crippen molar-refractivity contribution in [3.05, 3.63) is 30.3 Å². The summed E-state index contributed by atoms with van der Waals surface area (Å²) in [5.74, 6) is 0. The summed E-state index contributed by atoms with van der Waals surface area (Å²) in [4.78, 5) is 20.1. The Balaban J connectivity index is 3.05. The fraction of sp³-hybridized carbons (Fsp3) is 0.400. The molecular weight excluding hydrogens is 213 g/mol. The van der Waals surface area contributed by atoms with E-state index >= 15 is 0 Å². The van der Waals surface area contributed by atoms with Crippen LogP contribution in [0.1, 0.15) is 13.8 Å². The third kappa shape index (κ3) is 2.40. The summed E-state index contributed by atoms with van der Waals surface area (Å²) >= 11 is 0. The van der Waals surface area contributed by atoms with Gasteiger partial charge in [-0.25, -0.2) is 0 Å². The van der Waals surface area contributed by atoms with Crippen molar-refractivity contribution in [2.24, 2.45) is 0 Å². The van der Waals surface area contributed by atoms with Crippen LogP contribution >= 0.6 is 7.60 Å².